The number of benzene rings is 2. The molecule has 0 saturated heterocycles. The summed E-state index contributed by atoms with van der Waals surface area (Å²) in [7, 11) is 1.46. The number of para-hydroxylation sites is 2. The number of likely N-dealkylation sites (N-methyl/N-ethyl adjacent to an activating group) is 1. The van der Waals surface area contributed by atoms with Gasteiger partial charge in [-0.2, -0.15) is 0 Å². The topological polar surface area (TPSA) is 92.5 Å². The SMILES string of the molecule is CN(C(=O)C(=O)NC(=O)c1ccccc1N)c1ccccc1. The molecule has 3 amide bonds. The fraction of sp³-hybridized carbons (Fsp3) is 0.0625. The molecule has 0 atom stereocenters. The Morgan fingerprint density at radius 1 is 0.955 bits per heavy atom. The smallest absolute Gasteiger partial charge is 0.316 e. The number of nitrogen functional groups attached to an aromatic ring is 1. The van der Waals surface area contributed by atoms with Crippen LogP contribution in [0.1, 0.15) is 10.4 Å². The fourth-order valence-corrected chi connectivity index (χ4v) is 1.85. The van der Waals surface area contributed by atoms with E-state index in [1.54, 1.807) is 42.5 Å². The summed E-state index contributed by atoms with van der Waals surface area (Å²) in [5, 5.41) is 2.04. The normalized spacial score (nSPS) is 9.86. The van der Waals surface area contributed by atoms with Crippen LogP contribution in [0.3, 0.4) is 0 Å². The van der Waals surface area contributed by atoms with E-state index in [-0.39, 0.29) is 11.3 Å². The number of nitrogens with zero attached hydrogens (tertiary/aromatic N) is 1. The van der Waals surface area contributed by atoms with Crippen LogP contribution >= 0.6 is 0 Å². The third-order valence-corrected chi connectivity index (χ3v) is 3.07. The van der Waals surface area contributed by atoms with Crippen LogP contribution < -0.4 is 16.0 Å². The average Bonchev–Trinajstić information content (AvgIpc) is 2.54. The molecule has 0 aliphatic heterocycles. The summed E-state index contributed by atoms with van der Waals surface area (Å²) in [5.41, 5.74) is 6.58. The lowest BCUT2D eigenvalue weighted by molar-refractivity contribution is -0.136. The molecule has 2 rings (SSSR count). The Labute approximate surface area is 127 Å². The largest absolute Gasteiger partial charge is 0.398 e. The number of nitrogens with two attached hydrogens (primary N) is 1. The maximum Gasteiger partial charge on any atom is 0.316 e. The van der Waals surface area contributed by atoms with E-state index in [0.29, 0.717) is 5.69 Å². The maximum absolute atomic E-state index is 12.0. The standard InChI is InChI=1S/C16H15N3O3/c1-19(11-7-3-2-4-8-11)16(22)15(21)18-14(20)12-9-5-6-10-13(12)17/h2-10H,17H2,1H3,(H,18,20,21). The van der Waals surface area contributed by atoms with Gasteiger partial charge in [0, 0.05) is 18.4 Å². The number of anilines is 2. The Morgan fingerprint density at radius 2 is 1.55 bits per heavy atom. The summed E-state index contributed by atoms with van der Waals surface area (Å²) in [4.78, 5) is 37.0. The Hall–Kier alpha value is -3.15. The van der Waals surface area contributed by atoms with E-state index in [0.717, 1.165) is 4.90 Å². The van der Waals surface area contributed by atoms with E-state index < -0.39 is 17.7 Å². The zero-order valence-corrected chi connectivity index (χ0v) is 11.9. The molecule has 0 spiro atoms. The van der Waals surface area contributed by atoms with Crippen molar-refractivity contribution in [1.29, 1.82) is 0 Å². The highest BCUT2D eigenvalue weighted by Gasteiger charge is 2.23. The van der Waals surface area contributed by atoms with Crippen molar-refractivity contribution in [2.45, 2.75) is 0 Å². The van der Waals surface area contributed by atoms with E-state index in [1.165, 1.54) is 19.2 Å². The lowest BCUT2D eigenvalue weighted by Gasteiger charge is -2.16. The highest BCUT2D eigenvalue weighted by molar-refractivity contribution is 6.43. The van der Waals surface area contributed by atoms with Gasteiger partial charge in [-0.05, 0) is 24.3 Å². The molecular weight excluding hydrogens is 282 g/mol. The third kappa shape index (κ3) is 3.29. The van der Waals surface area contributed by atoms with E-state index in [1.807, 2.05) is 5.32 Å². The number of hydrogen-bond acceptors (Lipinski definition) is 4. The number of hydrogen-bond donors (Lipinski definition) is 2. The fourth-order valence-electron chi connectivity index (χ4n) is 1.85. The molecular formula is C16H15N3O3. The van der Waals surface area contributed by atoms with Gasteiger partial charge in [0.1, 0.15) is 0 Å². The molecule has 0 aromatic heterocycles. The van der Waals surface area contributed by atoms with E-state index >= 15 is 0 Å². The Balaban J connectivity index is 2.07. The predicted molar refractivity (Wildman–Crippen MR) is 83.2 cm³/mol. The lowest BCUT2D eigenvalue weighted by Crippen LogP contribution is -2.43. The summed E-state index contributed by atoms with van der Waals surface area (Å²) in [6.07, 6.45) is 0. The van der Waals surface area contributed by atoms with Crippen molar-refractivity contribution in [3.63, 3.8) is 0 Å². The number of nitrogens with one attached hydrogen (secondary N) is 1. The van der Waals surface area contributed by atoms with Gasteiger partial charge in [0.05, 0.1) is 5.56 Å². The van der Waals surface area contributed by atoms with Crippen LogP contribution in [0.25, 0.3) is 0 Å². The van der Waals surface area contributed by atoms with Gasteiger partial charge < -0.3 is 10.6 Å². The van der Waals surface area contributed by atoms with Crippen molar-refractivity contribution >= 4 is 29.1 Å². The molecule has 6 heteroatoms. The second-order valence-corrected chi connectivity index (χ2v) is 4.57. The first-order valence-corrected chi connectivity index (χ1v) is 6.53. The quantitative estimate of drug-likeness (QED) is 0.643. The second kappa shape index (κ2) is 6.53. The first-order valence-electron chi connectivity index (χ1n) is 6.53. The van der Waals surface area contributed by atoms with Gasteiger partial charge in [0.25, 0.3) is 5.91 Å². The predicted octanol–water partition coefficient (Wildman–Crippen LogP) is 1.19. The van der Waals surface area contributed by atoms with Gasteiger partial charge in [-0.1, -0.05) is 30.3 Å². The van der Waals surface area contributed by atoms with E-state index in [9.17, 15) is 14.4 Å². The van der Waals surface area contributed by atoms with Crippen LogP contribution in [0.15, 0.2) is 54.6 Å². The van der Waals surface area contributed by atoms with Crippen molar-refractivity contribution in [2.24, 2.45) is 0 Å². The molecule has 2 aromatic rings. The number of rotatable bonds is 2. The molecule has 0 aliphatic rings. The van der Waals surface area contributed by atoms with Gasteiger partial charge >= 0.3 is 11.8 Å². The molecule has 0 aliphatic carbocycles. The van der Waals surface area contributed by atoms with Crippen molar-refractivity contribution in [2.75, 3.05) is 17.7 Å². The van der Waals surface area contributed by atoms with Crippen LogP contribution in [0, 0.1) is 0 Å². The molecule has 0 unspecified atom stereocenters. The second-order valence-electron chi connectivity index (χ2n) is 4.57. The average molecular weight is 297 g/mol. The summed E-state index contributed by atoms with van der Waals surface area (Å²) < 4.78 is 0. The molecule has 3 N–H and O–H groups in total. The molecule has 0 bridgehead atoms. The van der Waals surface area contributed by atoms with Crippen LogP contribution in [-0.4, -0.2) is 24.8 Å². The minimum atomic E-state index is -1.01. The summed E-state index contributed by atoms with van der Waals surface area (Å²) in [6, 6.07) is 14.9. The molecule has 2 aromatic carbocycles. The van der Waals surface area contributed by atoms with Crippen molar-refractivity contribution in [1.82, 2.24) is 5.32 Å². The highest BCUT2D eigenvalue weighted by Crippen LogP contribution is 2.12. The highest BCUT2D eigenvalue weighted by atomic mass is 16.2. The number of carbonyl (C=O) groups is 3. The summed E-state index contributed by atoms with van der Waals surface area (Å²) >= 11 is 0. The number of carbonyl (C=O) groups excluding carboxylic acids is 3. The summed E-state index contributed by atoms with van der Waals surface area (Å²) in [5.74, 6) is -2.56. The summed E-state index contributed by atoms with van der Waals surface area (Å²) in [6.45, 7) is 0. The number of amides is 3. The lowest BCUT2D eigenvalue weighted by atomic mass is 10.1. The minimum Gasteiger partial charge on any atom is -0.398 e. The van der Waals surface area contributed by atoms with Gasteiger partial charge in [-0.25, -0.2) is 0 Å². The van der Waals surface area contributed by atoms with E-state index in [4.69, 9.17) is 5.73 Å². The molecule has 0 fully saturated rings. The van der Waals surface area contributed by atoms with Crippen molar-refractivity contribution in [3.05, 3.63) is 60.2 Å². The van der Waals surface area contributed by atoms with Crippen molar-refractivity contribution in [3.8, 4) is 0 Å². The van der Waals surface area contributed by atoms with Crippen LogP contribution in [0.2, 0.25) is 0 Å². The first kappa shape index (κ1) is 15.2. The molecule has 0 saturated carbocycles. The van der Waals surface area contributed by atoms with Gasteiger partial charge in [0.15, 0.2) is 0 Å². The molecule has 0 radical (unpaired) electrons. The molecule has 6 nitrogen and oxygen atoms in total. The van der Waals surface area contributed by atoms with Crippen LogP contribution in [-0.2, 0) is 9.59 Å². The molecule has 22 heavy (non-hydrogen) atoms. The van der Waals surface area contributed by atoms with E-state index in [2.05, 4.69) is 0 Å². The Bertz CT molecular complexity index is 714. The third-order valence-electron chi connectivity index (χ3n) is 3.07. The van der Waals surface area contributed by atoms with Gasteiger partial charge in [-0.3, -0.25) is 19.7 Å². The van der Waals surface area contributed by atoms with Gasteiger partial charge in [0.2, 0.25) is 0 Å². The van der Waals surface area contributed by atoms with Crippen LogP contribution in [0.4, 0.5) is 11.4 Å². The molecule has 112 valence electrons. The Morgan fingerprint density at radius 3 is 2.18 bits per heavy atom. The number of imide groups is 1. The first-order chi connectivity index (χ1) is 10.5. The zero-order chi connectivity index (χ0) is 16.1. The molecule has 0 heterocycles. The van der Waals surface area contributed by atoms with Crippen molar-refractivity contribution < 1.29 is 14.4 Å². The minimum absolute atomic E-state index is 0.144. The monoisotopic (exact) mass is 297 g/mol. The maximum atomic E-state index is 12.0. The van der Waals surface area contributed by atoms with Gasteiger partial charge in [-0.15, -0.1) is 0 Å². The van der Waals surface area contributed by atoms with Crippen LogP contribution in [0.5, 0.6) is 0 Å². The zero-order valence-electron chi connectivity index (χ0n) is 11.9. The Kier molecular flexibility index (Phi) is 4.53.